The molecule has 2 aromatic heterocycles. The first kappa shape index (κ1) is 26.1. The Morgan fingerprint density at radius 3 is 2.33 bits per heavy atom. The average Bonchev–Trinajstić information content (AvgIpc) is 3.45. The number of hydrogen-bond acceptors (Lipinski definition) is 5. The van der Waals surface area contributed by atoms with Crippen LogP contribution >= 0.6 is 0 Å². The maximum absolute atomic E-state index is 13.3. The van der Waals surface area contributed by atoms with Crippen LogP contribution in [0.25, 0.3) is 0 Å². The molecule has 9 heteroatoms. The van der Waals surface area contributed by atoms with E-state index in [9.17, 15) is 14.4 Å². The van der Waals surface area contributed by atoms with Crippen molar-refractivity contribution in [2.75, 3.05) is 13.2 Å². The molecule has 0 spiro atoms. The number of nitrogens with one attached hydrogen (secondary N) is 2. The van der Waals surface area contributed by atoms with E-state index >= 15 is 0 Å². The summed E-state index contributed by atoms with van der Waals surface area (Å²) in [6.07, 6.45) is 12.6. The van der Waals surface area contributed by atoms with Gasteiger partial charge in [-0.15, -0.1) is 0 Å². The number of ether oxygens (including phenoxy) is 1. The van der Waals surface area contributed by atoms with Crippen LogP contribution in [-0.2, 0) is 17.8 Å². The van der Waals surface area contributed by atoms with Crippen molar-refractivity contribution in [3.63, 3.8) is 0 Å². The maximum Gasteiger partial charge on any atom is 0.256 e. The van der Waals surface area contributed by atoms with Gasteiger partial charge in [-0.25, -0.2) is 0 Å². The van der Waals surface area contributed by atoms with Crippen LogP contribution < -0.4 is 16.1 Å². The zero-order valence-corrected chi connectivity index (χ0v) is 21.6. The first-order valence-corrected chi connectivity index (χ1v) is 13.4. The summed E-state index contributed by atoms with van der Waals surface area (Å²) in [7, 11) is 0. The summed E-state index contributed by atoms with van der Waals surface area (Å²) in [5.41, 5.74) is 1.38. The fourth-order valence-corrected chi connectivity index (χ4v) is 5.22. The van der Waals surface area contributed by atoms with Crippen LogP contribution in [-0.4, -0.2) is 51.5 Å². The normalized spacial score (nSPS) is 19.0. The predicted molar refractivity (Wildman–Crippen MR) is 137 cm³/mol. The Kier molecular flexibility index (Phi) is 8.96. The second-order valence-corrected chi connectivity index (χ2v) is 10.2. The SMILES string of the molecule is Cc1cc(C)n(CCNC(=O)c2cn(C[C@H]3CCCO3)cc(C(=O)NC3CCCCCCC3)c2=O)n1. The third-order valence-electron chi connectivity index (χ3n) is 7.16. The van der Waals surface area contributed by atoms with E-state index in [0.29, 0.717) is 26.2 Å². The third-order valence-corrected chi connectivity index (χ3v) is 7.16. The van der Waals surface area contributed by atoms with Crippen LogP contribution in [0, 0.1) is 13.8 Å². The quantitative estimate of drug-likeness (QED) is 0.583. The topological polar surface area (TPSA) is 107 Å². The molecule has 0 radical (unpaired) electrons. The van der Waals surface area contributed by atoms with Crippen LogP contribution in [0.4, 0.5) is 0 Å². The van der Waals surface area contributed by atoms with E-state index in [2.05, 4.69) is 15.7 Å². The van der Waals surface area contributed by atoms with Crippen LogP contribution in [0.1, 0.15) is 89.9 Å². The monoisotopic (exact) mass is 497 g/mol. The Bertz CT molecular complexity index is 1110. The standard InChI is InChI=1S/C27H39N5O4/c1-19-15-20(2)32(30-19)13-12-28-26(34)23-17-31(16-22-11-8-14-36-22)18-24(25(23)33)27(35)29-21-9-6-4-3-5-7-10-21/h15,17-18,21-22H,3-14,16H2,1-2H3,(H,28,34)(H,29,35)/t22-/m1/s1. The zero-order valence-electron chi connectivity index (χ0n) is 21.6. The van der Waals surface area contributed by atoms with Gasteiger partial charge in [-0.1, -0.05) is 32.1 Å². The molecule has 196 valence electrons. The largest absolute Gasteiger partial charge is 0.376 e. The van der Waals surface area contributed by atoms with Crippen LogP contribution in [0.15, 0.2) is 23.3 Å². The van der Waals surface area contributed by atoms with Gasteiger partial charge in [0.05, 0.1) is 18.3 Å². The van der Waals surface area contributed by atoms with E-state index < -0.39 is 17.2 Å². The molecule has 4 rings (SSSR count). The summed E-state index contributed by atoms with van der Waals surface area (Å²) in [5.74, 6) is -0.882. The van der Waals surface area contributed by atoms with Crippen LogP contribution in [0.2, 0.25) is 0 Å². The van der Waals surface area contributed by atoms with Gasteiger partial charge in [-0.2, -0.15) is 5.10 Å². The van der Waals surface area contributed by atoms with Crippen LogP contribution in [0.5, 0.6) is 0 Å². The number of aromatic nitrogens is 3. The first-order chi connectivity index (χ1) is 17.4. The molecule has 9 nitrogen and oxygen atoms in total. The highest BCUT2D eigenvalue weighted by Gasteiger charge is 2.23. The second-order valence-electron chi connectivity index (χ2n) is 10.2. The molecule has 1 aliphatic carbocycles. The molecule has 2 fully saturated rings. The maximum atomic E-state index is 13.3. The van der Waals surface area contributed by atoms with Crippen molar-refractivity contribution >= 4 is 11.8 Å². The van der Waals surface area contributed by atoms with Crippen molar-refractivity contribution in [3.05, 3.63) is 51.2 Å². The number of carbonyl (C=O) groups excluding carboxylic acids is 2. The number of pyridine rings is 1. The first-order valence-electron chi connectivity index (χ1n) is 13.4. The molecule has 0 aromatic carbocycles. The number of hydrogen-bond donors (Lipinski definition) is 2. The molecule has 2 N–H and O–H groups in total. The fourth-order valence-electron chi connectivity index (χ4n) is 5.22. The molecule has 0 bridgehead atoms. The molecule has 1 aliphatic heterocycles. The number of rotatable bonds is 8. The van der Waals surface area contributed by atoms with E-state index in [4.69, 9.17) is 4.74 Å². The lowest BCUT2D eigenvalue weighted by Gasteiger charge is -2.21. The molecule has 2 aromatic rings. The Balaban J connectivity index is 1.51. The molecule has 2 amide bonds. The second kappa shape index (κ2) is 12.3. The molecular weight excluding hydrogens is 458 g/mol. The predicted octanol–water partition coefficient (Wildman–Crippen LogP) is 3.11. The Morgan fingerprint density at radius 1 is 1.00 bits per heavy atom. The van der Waals surface area contributed by atoms with E-state index in [0.717, 1.165) is 49.9 Å². The third kappa shape index (κ3) is 6.84. The molecule has 1 saturated heterocycles. The van der Waals surface area contributed by atoms with Gasteiger partial charge in [0, 0.05) is 43.8 Å². The summed E-state index contributed by atoms with van der Waals surface area (Å²) in [6.45, 7) is 5.91. The van der Waals surface area contributed by atoms with E-state index in [1.807, 2.05) is 24.6 Å². The van der Waals surface area contributed by atoms with Crippen molar-refractivity contribution in [1.82, 2.24) is 25.0 Å². The van der Waals surface area contributed by atoms with Gasteiger partial charge in [0.2, 0.25) is 5.43 Å². The number of aryl methyl sites for hydroxylation is 2. The average molecular weight is 498 g/mol. The van der Waals surface area contributed by atoms with E-state index in [-0.39, 0.29) is 23.3 Å². The smallest absolute Gasteiger partial charge is 0.256 e. The van der Waals surface area contributed by atoms with E-state index in [1.54, 1.807) is 17.0 Å². The minimum Gasteiger partial charge on any atom is -0.376 e. The highest BCUT2D eigenvalue weighted by Crippen LogP contribution is 2.18. The number of carbonyl (C=O) groups is 2. The summed E-state index contributed by atoms with van der Waals surface area (Å²) >= 11 is 0. The van der Waals surface area contributed by atoms with Crippen LogP contribution in [0.3, 0.4) is 0 Å². The molecule has 3 heterocycles. The van der Waals surface area contributed by atoms with Gasteiger partial charge >= 0.3 is 0 Å². The summed E-state index contributed by atoms with van der Waals surface area (Å²) < 4.78 is 9.34. The van der Waals surface area contributed by atoms with Gasteiger partial charge in [-0.3, -0.25) is 19.1 Å². The van der Waals surface area contributed by atoms with E-state index in [1.165, 1.54) is 19.3 Å². The van der Waals surface area contributed by atoms with Crippen molar-refractivity contribution in [2.45, 2.75) is 96.9 Å². The fraction of sp³-hybridized carbons (Fsp3) is 0.630. The Morgan fingerprint density at radius 2 is 1.69 bits per heavy atom. The zero-order chi connectivity index (χ0) is 25.5. The van der Waals surface area contributed by atoms with Crippen molar-refractivity contribution in [3.8, 4) is 0 Å². The lowest BCUT2D eigenvalue weighted by molar-refractivity contribution is 0.0914. The minimum absolute atomic E-state index is 0.0101. The summed E-state index contributed by atoms with van der Waals surface area (Å²) in [5, 5.41) is 10.3. The molecule has 2 aliphatic rings. The van der Waals surface area contributed by atoms with Gasteiger partial charge in [-0.05, 0) is 45.6 Å². The number of nitrogens with zero attached hydrogens (tertiary/aromatic N) is 3. The number of amides is 2. The summed E-state index contributed by atoms with van der Waals surface area (Å²) in [4.78, 5) is 39.6. The molecule has 1 saturated carbocycles. The van der Waals surface area contributed by atoms with Crippen molar-refractivity contribution < 1.29 is 14.3 Å². The molecular formula is C27H39N5O4. The Hall–Kier alpha value is -2.94. The van der Waals surface area contributed by atoms with Crippen molar-refractivity contribution in [1.29, 1.82) is 0 Å². The Labute approximate surface area is 212 Å². The molecule has 1 atom stereocenters. The van der Waals surface area contributed by atoms with Crippen molar-refractivity contribution in [2.24, 2.45) is 0 Å². The highest BCUT2D eigenvalue weighted by molar-refractivity contribution is 5.99. The highest BCUT2D eigenvalue weighted by atomic mass is 16.5. The molecule has 0 unspecified atom stereocenters. The van der Waals surface area contributed by atoms with Gasteiger partial charge in [0.1, 0.15) is 11.1 Å². The molecule has 36 heavy (non-hydrogen) atoms. The lowest BCUT2D eigenvalue weighted by atomic mass is 9.96. The minimum atomic E-state index is -0.537. The summed E-state index contributed by atoms with van der Waals surface area (Å²) in [6, 6.07) is 2.03. The van der Waals surface area contributed by atoms with Gasteiger partial charge in [0.15, 0.2) is 0 Å². The van der Waals surface area contributed by atoms with Gasteiger partial charge in [0.25, 0.3) is 11.8 Å². The lowest BCUT2D eigenvalue weighted by Crippen LogP contribution is -2.40. The van der Waals surface area contributed by atoms with Gasteiger partial charge < -0.3 is 19.9 Å².